The third kappa shape index (κ3) is 29.3. The molecule has 0 spiro atoms. The predicted octanol–water partition coefficient (Wildman–Crippen LogP) is 13.0. The number of carbonyl (C=O) groups excluding carboxylic acids is 3. The summed E-state index contributed by atoms with van der Waals surface area (Å²) in [5.41, 5.74) is 0. The number of nitrogens with one attached hydrogen (secondary N) is 1. The molecule has 1 saturated carbocycles. The van der Waals surface area contributed by atoms with Crippen LogP contribution in [0, 0.1) is 0 Å². The van der Waals surface area contributed by atoms with Crippen LogP contribution >= 0.6 is 0 Å². The molecule has 56 heavy (non-hydrogen) atoms. The van der Waals surface area contributed by atoms with E-state index in [9.17, 15) is 14.4 Å². The van der Waals surface area contributed by atoms with Crippen molar-refractivity contribution < 1.29 is 19.1 Å². The first-order valence-corrected chi connectivity index (χ1v) is 24.6. The van der Waals surface area contributed by atoms with Crippen molar-refractivity contribution >= 4 is 17.8 Å². The first kappa shape index (κ1) is 52.1. The van der Waals surface area contributed by atoms with Gasteiger partial charge >= 0.3 is 5.97 Å². The molecule has 0 aromatic heterocycles. The smallest absolute Gasteiger partial charge is 0.306 e. The van der Waals surface area contributed by atoms with Crippen LogP contribution < -0.4 is 5.32 Å². The van der Waals surface area contributed by atoms with E-state index >= 15 is 0 Å². The fraction of sp³-hybridized carbons (Fsp3) is 0.898. The summed E-state index contributed by atoms with van der Waals surface area (Å²) in [5, 5.41) is 3.39. The van der Waals surface area contributed by atoms with Crippen LogP contribution in [0.2, 0.25) is 0 Å². The summed E-state index contributed by atoms with van der Waals surface area (Å²) < 4.78 is 5.60. The van der Waals surface area contributed by atoms with Gasteiger partial charge in [-0.15, -0.1) is 0 Å². The van der Waals surface area contributed by atoms with Gasteiger partial charge in [0.1, 0.15) is 6.04 Å². The van der Waals surface area contributed by atoms with Gasteiger partial charge in [-0.3, -0.25) is 14.4 Å². The number of esters is 1. The Bertz CT molecular complexity index is 944. The zero-order valence-corrected chi connectivity index (χ0v) is 37.7. The molecule has 2 amide bonds. The minimum atomic E-state index is -0.526. The lowest BCUT2D eigenvalue weighted by Crippen LogP contribution is -2.53. The van der Waals surface area contributed by atoms with Crippen molar-refractivity contribution in [3.63, 3.8) is 0 Å². The van der Waals surface area contributed by atoms with Gasteiger partial charge in [-0.25, -0.2) is 0 Å². The van der Waals surface area contributed by atoms with Crippen LogP contribution in [0.15, 0.2) is 12.2 Å². The summed E-state index contributed by atoms with van der Waals surface area (Å²) >= 11 is 0. The molecule has 1 aliphatic carbocycles. The van der Waals surface area contributed by atoms with E-state index in [0.29, 0.717) is 19.4 Å². The summed E-state index contributed by atoms with van der Waals surface area (Å²) in [6.45, 7) is 11.9. The molecule has 0 aliphatic heterocycles. The normalized spacial score (nSPS) is 14.3. The van der Waals surface area contributed by atoms with Crippen molar-refractivity contribution in [3.8, 4) is 0 Å². The SMILES string of the molecule is CCCC/C=C\CCCCCCCCCC(C(=O)NC1CCCCCC1)N(CCCN(CC)CC)C(=O)COC(=O)CCCCCCCCCCCCCCC. The molecule has 7 nitrogen and oxygen atoms in total. The van der Waals surface area contributed by atoms with Crippen LogP contribution in [0.25, 0.3) is 0 Å². The van der Waals surface area contributed by atoms with Crippen molar-refractivity contribution in [1.29, 1.82) is 0 Å². The molecule has 0 radical (unpaired) electrons. The van der Waals surface area contributed by atoms with Crippen LogP contribution in [-0.2, 0) is 19.1 Å². The van der Waals surface area contributed by atoms with Gasteiger partial charge in [-0.05, 0) is 71.0 Å². The number of amides is 2. The molecule has 1 aliphatic rings. The Hall–Kier alpha value is -1.89. The van der Waals surface area contributed by atoms with E-state index in [2.05, 4.69) is 50.1 Å². The average Bonchev–Trinajstić information content (AvgIpc) is 3.48. The maximum Gasteiger partial charge on any atom is 0.306 e. The van der Waals surface area contributed by atoms with Crippen molar-refractivity contribution in [2.75, 3.05) is 32.8 Å². The number of allylic oxidation sites excluding steroid dienone is 2. The monoisotopic (exact) mass is 788 g/mol. The van der Waals surface area contributed by atoms with Crippen molar-refractivity contribution in [2.45, 2.75) is 252 Å². The lowest BCUT2D eigenvalue weighted by Gasteiger charge is -2.33. The van der Waals surface area contributed by atoms with Crippen molar-refractivity contribution in [1.82, 2.24) is 15.1 Å². The molecule has 7 heteroatoms. The Morgan fingerprint density at radius 2 is 1.09 bits per heavy atom. The van der Waals surface area contributed by atoms with E-state index in [1.165, 1.54) is 128 Å². The Balaban J connectivity index is 2.67. The number of carbonyl (C=O) groups is 3. The largest absolute Gasteiger partial charge is 0.456 e. The number of ether oxygens (including phenoxy) is 1. The van der Waals surface area contributed by atoms with E-state index in [1.807, 2.05) is 0 Å². The first-order chi connectivity index (χ1) is 27.5. The Labute approximate surface area is 347 Å². The zero-order chi connectivity index (χ0) is 40.7. The summed E-state index contributed by atoms with van der Waals surface area (Å²) in [5.74, 6) is -0.539. The summed E-state index contributed by atoms with van der Waals surface area (Å²) in [6.07, 6.45) is 42.8. The summed E-state index contributed by atoms with van der Waals surface area (Å²) in [6, 6.07) is -0.346. The highest BCUT2D eigenvalue weighted by molar-refractivity contribution is 5.89. The highest BCUT2D eigenvalue weighted by Crippen LogP contribution is 2.20. The first-order valence-electron chi connectivity index (χ1n) is 24.6. The second-order valence-corrected chi connectivity index (χ2v) is 17.0. The van der Waals surface area contributed by atoms with Gasteiger partial charge in [0.05, 0.1) is 0 Å². The predicted molar refractivity (Wildman–Crippen MR) is 239 cm³/mol. The standard InChI is InChI=1S/C49H93N3O4/c1-5-9-11-13-15-17-19-21-23-25-27-29-35-40-46(49(55)50-45-38-33-31-32-34-39-45)52(43-37-42-51(7-3)8-4)47(53)44-56-48(54)41-36-30-28-26-24-22-20-18-16-14-12-10-6-2/h13,15,45-46H,5-12,14,16-44H2,1-4H3,(H,50,55)/b15-13-. The zero-order valence-electron chi connectivity index (χ0n) is 37.7. The number of rotatable bonds is 38. The van der Waals surface area contributed by atoms with Crippen LogP contribution in [0.5, 0.6) is 0 Å². The molecule has 0 bridgehead atoms. The second-order valence-electron chi connectivity index (χ2n) is 17.0. The number of nitrogens with zero attached hydrogens (tertiary/aromatic N) is 2. The second kappa shape index (κ2) is 38.6. The molecule has 1 rings (SSSR count). The Morgan fingerprint density at radius 1 is 0.589 bits per heavy atom. The van der Waals surface area contributed by atoms with Crippen LogP contribution in [0.1, 0.15) is 240 Å². The third-order valence-electron chi connectivity index (χ3n) is 12.0. The third-order valence-corrected chi connectivity index (χ3v) is 12.0. The fourth-order valence-corrected chi connectivity index (χ4v) is 8.23. The van der Waals surface area contributed by atoms with Gasteiger partial charge in [0.25, 0.3) is 5.91 Å². The maximum absolute atomic E-state index is 14.1. The quantitative estimate of drug-likeness (QED) is 0.0292. The van der Waals surface area contributed by atoms with Gasteiger partial charge in [-0.1, -0.05) is 194 Å². The lowest BCUT2D eigenvalue weighted by atomic mass is 10.0. The van der Waals surface area contributed by atoms with Crippen LogP contribution in [0.4, 0.5) is 0 Å². The molecule has 1 N–H and O–H groups in total. The van der Waals surface area contributed by atoms with Gasteiger partial charge in [0, 0.05) is 19.0 Å². The van der Waals surface area contributed by atoms with Gasteiger partial charge in [0.2, 0.25) is 5.91 Å². The van der Waals surface area contributed by atoms with Gasteiger partial charge in [-0.2, -0.15) is 0 Å². The number of hydrogen-bond acceptors (Lipinski definition) is 5. The van der Waals surface area contributed by atoms with E-state index in [4.69, 9.17) is 4.74 Å². The van der Waals surface area contributed by atoms with Crippen molar-refractivity contribution in [3.05, 3.63) is 12.2 Å². The summed E-state index contributed by atoms with van der Waals surface area (Å²) in [7, 11) is 0. The van der Waals surface area contributed by atoms with E-state index in [1.54, 1.807) is 4.90 Å². The van der Waals surface area contributed by atoms with Crippen LogP contribution in [-0.4, -0.2) is 72.5 Å². The topological polar surface area (TPSA) is 79.0 Å². The van der Waals surface area contributed by atoms with Gasteiger partial charge < -0.3 is 19.9 Å². The van der Waals surface area contributed by atoms with E-state index < -0.39 is 6.04 Å². The number of unbranched alkanes of at least 4 members (excludes halogenated alkanes) is 21. The molecule has 1 atom stereocenters. The molecule has 0 aromatic rings. The minimum absolute atomic E-state index is 0.0154. The molecule has 1 unspecified atom stereocenters. The van der Waals surface area contributed by atoms with Crippen LogP contribution in [0.3, 0.4) is 0 Å². The minimum Gasteiger partial charge on any atom is -0.456 e. The molecule has 0 saturated heterocycles. The van der Waals surface area contributed by atoms with Gasteiger partial charge in [0.15, 0.2) is 6.61 Å². The molecule has 0 aromatic carbocycles. The lowest BCUT2D eigenvalue weighted by molar-refractivity contribution is -0.154. The molecule has 328 valence electrons. The molecular weight excluding hydrogens is 695 g/mol. The van der Waals surface area contributed by atoms with Crippen molar-refractivity contribution in [2.24, 2.45) is 0 Å². The average molecular weight is 788 g/mol. The molecule has 0 heterocycles. The Morgan fingerprint density at radius 3 is 1.64 bits per heavy atom. The molecule has 1 fully saturated rings. The fourth-order valence-electron chi connectivity index (χ4n) is 8.23. The highest BCUT2D eigenvalue weighted by Gasteiger charge is 2.31. The Kier molecular flexibility index (Phi) is 35.9. The summed E-state index contributed by atoms with van der Waals surface area (Å²) in [4.78, 5) is 44.9. The molecular formula is C49H93N3O4. The van der Waals surface area contributed by atoms with E-state index in [-0.39, 0.29) is 30.4 Å². The van der Waals surface area contributed by atoms with E-state index in [0.717, 1.165) is 90.3 Å². The maximum atomic E-state index is 14.1. The highest BCUT2D eigenvalue weighted by atomic mass is 16.5. The number of hydrogen-bond donors (Lipinski definition) is 1.